The molecule has 0 fully saturated rings. The maximum atomic E-state index is 12.2. The number of amides is 1. The summed E-state index contributed by atoms with van der Waals surface area (Å²) in [6.07, 6.45) is 4.86. The van der Waals surface area contributed by atoms with Crippen molar-refractivity contribution in [3.8, 4) is 11.4 Å². The Morgan fingerprint density at radius 1 is 1.24 bits per heavy atom. The molecule has 0 unspecified atom stereocenters. The molecule has 0 bridgehead atoms. The molecule has 21 heavy (non-hydrogen) atoms. The van der Waals surface area contributed by atoms with Gasteiger partial charge in [-0.3, -0.25) is 14.9 Å². The van der Waals surface area contributed by atoms with E-state index in [2.05, 4.69) is 25.5 Å². The van der Waals surface area contributed by atoms with Gasteiger partial charge in [0.1, 0.15) is 6.33 Å². The lowest BCUT2D eigenvalue weighted by molar-refractivity contribution is 0.0951. The number of rotatable bonds is 4. The van der Waals surface area contributed by atoms with Gasteiger partial charge in [-0.1, -0.05) is 18.2 Å². The number of aromatic nitrogens is 4. The molecule has 0 aliphatic carbocycles. The van der Waals surface area contributed by atoms with Crippen molar-refractivity contribution >= 4 is 5.91 Å². The van der Waals surface area contributed by atoms with Gasteiger partial charge in [-0.05, 0) is 23.8 Å². The van der Waals surface area contributed by atoms with Crippen molar-refractivity contribution in [2.75, 3.05) is 0 Å². The standard InChI is InChI=1S/C15H13N5O/c21-15(17-9-11-3-2-6-16-8-11)13-5-1-4-12(7-13)14-18-10-19-20-14/h1-8,10H,9H2,(H,17,21)(H,18,19,20). The zero-order valence-corrected chi connectivity index (χ0v) is 11.2. The first kappa shape index (κ1) is 13.0. The summed E-state index contributed by atoms with van der Waals surface area (Å²) in [5.41, 5.74) is 2.35. The molecule has 2 N–H and O–H groups in total. The van der Waals surface area contributed by atoms with Crippen LogP contribution in [0.25, 0.3) is 11.4 Å². The van der Waals surface area contributed by atoms with Crippen molar-refractivity contribution in [2.24, 2.45) is 0 Å². The first-order valence-electron chi connectivity index (χ1n) is 6.46. The molecule has 0 spiro atoms. The van der Waals surface area contributed by atoms with Crippen LogP contribution >= 0.6 is 0 Å². The summed E-state index contributed by atoms with van der Waals surface area (Å²) in [5.74, 6) is 0.497. The van der Waals surface area contributed by atoms with Crippen molar-refractivity contribution in [1.29, 1.82) is 0 Å². The molecular formula is C15H13N5O. The Bertz CT molecular complexity index is 725. The number of benzene rings is 1. The highest BCUT2D eigenvalue weighted by molar-refractivity contribution is 5.95. The summed E-state index contributed by atoms with van der Waals surface area (Å²) in [6.45, 7) is 0.444. The molecule has 0 atom stereocenters. The minimum absolute atomic E-state index is 0.139. The molecule has 1 amide bonds. The molecule has 3 aromatic rings. The minimum Gasteiger partial charge on any atom is -0.348 e. The summed E-state index contributed by atoms with van der Waals surface area (Å²) in [5, 5.41) is 9.44. The number of carbonyl (C=O) groups is 1. The summed E-state index contributed by atoms with van der Waals surface area (Å²) in [4.78, 5) is 20.2. The fourth-order valence-corrected chi connectivity index (χ4v) is 1.94. The second kappa shape index (κ2) is 5.96. The number of nitrogens with zero attached hydrogens (tertiary/aromatic N) is 3. The average Bonchev–Trinajstić information content (AvgIpc) is 3.08. The van der Waals surface area contributed by atoms with Crippen LogP contribution in [0.4, 0.5) is 0 Å². The topological polar surface area (TPSA) is 83.6 Å². The second-order valence-electron chi connectivity index (χ2n) is 4.46. The van der Waals surface area contributed by atoms with Crippen molar-refractivity contribution in [1.82, 2.24) is 25.5 Å². The summed E-state index contributed by atoms with van der Waals surface area (Å²) < 4.78 is 0. The largest absolute Gasteiger partial charge is 0.348 e. The van der Waals surface area contributed by atoms with E-state index < -0.39 is 0 Å². The highest BCUT2D eigenvalue weighted by atomic mass is 16.1. The lowest BCUT2D eigenvalue weighted by Gasteiger charge is -2.06. The van der Waals surface area contributed by atoms with Gasteiger partial charge >= 0.3 is 0 Å². The molecule has 0 aliphatic heterocycles. The SMILES string of the molecule is O=C(NCc1cccnc1)c1cccc(-c2ncn[nH]2)c1. The van der Waals surface area contributed by atoms with E-state index in [0.29, 0.717) is 17.9 Å². The first-order chi connectivity index (χ1) is 10.3. The molecule has 3 rings (SSSR count). The number of nitrogens with one attached hydrogen (secondary N) is 2. The van der Waals surface area contributed by atoms with E-state index in [1.54, 1.807) is 24.5 Å². The number of H-pyrrole nitrogens is 1. The van der Waals surface area contributed by atoms with Gasteiger partial charge in [-0.25, -0.2) is 4.98 Å². The smallest absolute Gasteiger partial charge is 0.251 e. The Balaban J connectivity index is 1.72. The zero-order valence-electron chi connectivity index (χ0n) is 11.2. The van der Waals surface area contributed by atoms with Crippen LogP contribution in [0.3, 0.4) is 0 Å². The lowest BCUT2D eigenvalue weighted by atomic mass is 10.1. The van der Waals surface area contributed by atoms with E-state index >= 15 is 0 Å². The summed E-state index contributed by atoms with van der Waals surface area (Å²) in [6, 6.07) is 11.0. The van der Waals surface area contributed by atoms with E-state index in [1.807, 2.05) is 24.3 Å². The van der Waals surface area contributed by atoms with Gasteiger partial charge in [0, 0.05) is 30.1 Å². The van der Waals surface area contributed by atoms with E-state index in [9.17, 15) is 4.79 Å². The highest BCUT2D eigenvalue weighted by Crippen LogP contribution is 2.15. The molecule has 6 heteroatoms. The van der Waals surface area contributed by atoms with Crippen molar-refractivity contribution < 1.29 is 4.79 Å². The summed E-state index contributed by atoms with van der Waals surface area (Å²) >= 11 is 0. The van der Waals surface area contributed by atoms with Crippen LogP contribution in [-0.4, -0.2) is 26.1 Å². The van der Waals surface area contributed by atoms with E-state index in [-0.39, 0.29) is 5.91 Å². The number of pyridine rings is 1. The van der Waals surface area contributed by atoms with Crippen molar-refractivity contribution in [3.05, 3.63) is 66.2 Å². The van der Waals surface area contributed by atoms with Gasteiger partial charge in [0.2, 0.25) is 0 Å². The fourth-order valence-electron chi connectivity index (χ4n) is 1.94. The zero-order chi connectivity index (χ0) is 14.5. The molecule has 6 nitrogen and oxygen atoms in total. The molecular weight excluding hydrogens is 266 g/mol. The van der Waals surface area contributed by atoms with Gasteiger partial charge in [-0.15, -0.1) is 0 Å². The maximum Gasteiger partial charge on any atom is 0.251 e. The number of hydrogen-bond acceptors (Lipinski definition) is 4. The highest BCUT2D eigenvalue weighted by Gasteiger charge is 2.08. The molecule has 2 heterocycles. The molecule has 0 radical (unpaired) electrons. The molecule has 2 aromatic heterocycles. The Morgan fingerprint density at radius 3 is 2.95 bits per heavy atom. The van der Waals surface area contributed by atoms with Crippen molar-refractivity contribution in [3.63, 3.8) is 0 Å². The van der Waals surface area contributed by atoms with E-state index in [0.717, 1.165) is 11.1 Å². The van der Waals surface area contributed by atoms with Crippen LogP contribution < -0.4 is 5.32 Å². The minimum atomic E-state index is -0.139. The third-order valence-corrected chi connectivity index (χ3v) is 2.99. The van der Waals surface area contributed by atoms with Gasteiger partial charge in [0.05, 0.1) is 0 Å². The van der Waals surface area contributed by atoms with Crippen LogP contribution in [0, 0.1) is 0 Å². The third kappa shape index (κ3) is 3.11. The van der Waals surface area contributed by atoms with Crippen LogP contribution in [-0.2, 0) is 6.54 Å². The van der Waals surface area contributed by atoms with E-state index in [4.69, 9.17) is 0 Å². The predicted molar refractivity (Wildman–Crippen MR) is 77.2 cm³/mol. The molecule has 1 aromatic carbocycles. The quantitative estimate of drug-likeness (QED) is 0.762. The Labute approximate surface area is 121 Å². The summed E-state index contributed by atoms with van der Waals surface area (Å²) in [7, 11) is 0. The third-order valence-electron chi connectivity index (χ3n) is 2.99. The number of aromatic amines is 1. The molecule has 0 aliphatic rings. The van der Waals surface area contributed by atoms with E-state index in [1.165, 1.54) is 6.33 Å². The average molecular weight is 279 g/mol. The Kier molecular flexibility index (Phi) is 3.68. The van der Waals surface area contributed by atoms with Gasteiger partial charge in [-0.2, -0.15) is 5.10 Å². The van der Waals surface area contributed by atoms with Crippen LogP contribution in [0.1, 0.15) is 15.9 Å². The monoisotopic (exact) mass is 279 g/mol. The Morgan fingerprint density at radius 2 is 2.19 bits per heavy atom. The Hall–Kier alpha value is -3.02. The lowest BCUT2D eigenvalue weighted by Crippen LogP contribution is -2.22. The van der Waals surface area contributed by atoms with Gasteiger partial charge < -0.3 is 5.32 Å². The normalized spacial score (nSPS) is 10.3. The molecule has 104 valence electrons. The maximum absolute atomic E-state index is 12.2. The van der Waals surface area contributed by atoms with Gasteiger partial charge in [0.15, 0.2) is 5.82 Å². The fraction of sp³-hybridized carbons (Fsp3) is 0.0667. The van der Waals surface area contributed by atoms with Crippen molar-refractivity contribution in [2.45, 2.75) is 6.54 Å². The number of hydrogen-bond donors (Lipinski definition) is 2. The predicted octanol–water partition coefficient (Wildman–Crippen LogP) is 1.80. The molecule has 0 saturated carbocycles. The number of carbonyl (C=O) groups excluding carboxylic acids is 1. The van der Waals surface area contributed by atoms with Gasteiger partial charge in [0.25, 0.3) is 5.91 Å². The molecule has 0 saturated heterocycles. The van der Waals surface area contributed by atoms with Crippen LogP contribution in [0.15, 0.2) is 55.1 Å². The first-order valence-corrected chi connectivity index (χ1v) is 6.46. The van der Waals surface area contributed by atoms with Crippen LogP contribution in [0.2, 0.25) is 0 Å². The van der Waals surface area contributed by atoms with Crippen LogP contribution in [0.5, 0.6) is 0 Å². The second-order valence-corrected chi connectivity index (χ2v) is 4.46.